The molecule has 0 amide bonds. The molecule has 5 rings (SSSR count). The molecule has 39 heavy (non-hydrogen) atoms. The Bertz CT molecular complexity index is 1800. The molecule has 0 radical (unpaired) electrons. The molecule has 0 saturated carbocycles. The van der Waals surface area contributed by atoms with Crippen LogP contribution in [0.15, 0.2) is 83.9 Å². The summed E-state index contributed by atoms with van der Waals surface area (Å²) < 4.78 is 102. The maximum Gasteiger partial charge on any atom is 0.416 e. The highest BCUT2D eigenvalue weighted by Crippen LogP contribution is 2.37. The molecular weight excluding hydrogens is 543 g/mol. The summed E-state index contributed by atoms with van der Waals surface area (Å²) in [5, 5.41) is 8.01. The predicted molar refractivity (Wildman–Crippen MR) is 132 cm³/mol. The molecule has 3 aromatic carbocycles. The maximum atomic E-state index is 14.3. The first-order valence-corrected chi connectivity index (χ1v) is 12.7. The van der Waals surface area contributed by atoms with Gasteiger partial charge in [-0.1, -0.05) is 0 Å². The first-order chi connectivity index (χ1) is 18.4. The number of fused-ring (bicyclic) bond motifs is 1. The Labute approximate surface area is 218 Å². The van der Waals surface area contributed by atoms with Gasteiger partial charge in [-0.2, -0.15) is 13.2 Å². The number of sulfonamides is 1. The van der Waals surface area contributed by atoms with E-state index in [0.717, 1.165) is 24.3 Å². The molecule has 1 N–H and O–H groups in total. The zero-order valence-electron chi connectivity index (χ0n) is 19.9. The third-order valence-electron chi connectivity index (χ3n) is 5.72. The van der Waals surface area contributed by atoms with Crippen molar-refractivity contribution in [2.45, 2.75) is 18.0 Å². The molecule has 5 aromatic rings. The summed E-state index contributed by atoms with van der Waals surface area (Å²) in [5.74, 6) is -1.32. The second kappa shape index (κ2) is 9.66. The Morgan fingerprint density at radius 2 is 1.59 bits per heavy atom. The van der Waals surface area contributed by atoms with Crippen molar-refractivity contribution in [3.8, 4) is 22.6 Å². The Hall–Kier alpha value is -4.52. The summed E-state index contributed by atoms with van der Waals surface area (Å²) in [6, 6.07) is 13.3. The standard InChI is InChI=1S/C26H17F5N4O3S/c1-15-32-33-25-11-2-16(14-35(15)25)21-13-19(6-10-23(21)38-24-9-5-18(27)12-22(24)28)34-39(36,37)20-7-3-17(4-8-20)26(29,30)31/h2-14,34H,1H3. The number of nitrogens with one attached hydrogen (secondary N) is 1. The second-order valence-electron chi connectivity index (χ2n) is 8.41. The van der Waals surface area contributed by atoms with Gasteiger partial charge < -0.3 is 4.74 Å². The number of nitrogens with zero attached hydrogens (tertiary/aromatic N) is 3. The van der Waals surface area contributed by atoms with Crippen LogP contribution in [0.3, 0.4) is 0 Å². The molecule has 2 heterocycles. The van der Waals surface area contributed by atoms with Gasteiger partial charge >= 0.3 is 6.18 Å². The van der Waals surface area contributed by atoms with Gasteiger partial charge in [0.2, 0.25) is 0 Å². The molecule has 0 aliphatic heterocycles. The van der Waals surface area contributed by atoms with Crippen LogP contribution in [0.1, 0.15) is 11.4 Å². The first-order valence-electron chi connectivity index (χ1n) is 11.2. The van der Waals surface area contributed by atoms with Crippen molar-refractivity contribution in [3.63, 3.8) is 0 Å². The van der Waals surface area contributed by atoms with Crippen molar-refractivity contribution in [1.82, 2.24) is 14.6 Å². The molecule has 2 aromatic heterocycles. The Balaban J connectivity index is 1.55. The fraction of sp³-hybridized carbons (Fsp3) is 0.0769. The van der Waals surface area contributed by atoms with Gasteiger partial charge in [0.15, 0.2) is 17.2 Å². The number of rotatable bonds is 6. The summed E-state index contributed by atoms with van der Waals surface area (Å²) >= 11 is 0. The third kappa shape index (κ3) is 5.39. The topological polar surface area (TPSA) is 85.6 Å². The molecule has 13 heteroatoms. The van der Waals surface area contributed by atoms with E-state index in [9.17, 15) is 30.4 Å². The van der Waals surface area contributed by atoms with Crippen LogP contribution in [0.2, 0.25) is 0 Å². The molecular formula is C26H17F5N4O3S. The zero-order valence-corrected chi connectivity index (χ0v) is 20.7. The smallest absolute Gasteiger partial charge is 0.416 e. The van der Waals surface area contributed by atoms with Gasteiger partial charge in [0, 0.05) is 29.1 Å². The lowest BCUT2D eigenvalue weighted by Gasteiger charge is -2.15. The van der Waals surface area contributed by atoms with E-state index < -0.39 is 33.4 Å². The van der Waals surface area contributed by atoms with Crippen LogP contribution in [-0.4, -0.2) is 23.0 Å². The fourth-order valence-corrected chi connectivity index (χ4v) is 4.84. The van der Waals surface area contributed by atoms with Crippen molar-refractivity contribution >= 4 is 21.4 Å². The molecule has 0 atom stereocenters. The maximum absolute atomic E-state index is 14.3. The highest BCUT2D eigenvalue weighted by Gasteiger charge is 2.30. The fourth-order valence-electron chi connectivity index (χ4n) is 3.79. The van der Waals surface area contributed by atoms with Gasteiger partial charge in [-0.05, 0) is 73.7 Å². The van der Waals surface area contributed by atoms with E-state index in [1.54, 1.807) is 29.7 Å². The summed E-state index contributed by atoms with van der Waals surface area (Å²) in [4.78, 5) is -0.382. The van der Waals surface area contributed by atoms with Crippen LogP contribution < -0.4 is 9.46 Å². The van der Waals surface area contributed by atoms with Crippen molar-refractivity contribution in [3.05, 3.63) is 102 Å². The number of aryl methyl sites for hydroxylation is 1. The van der Waals surface area contributed by atoms with E-state index in [1.807, 2.05) is 0 Å². The van der Waals surface area contributed by atoms with E-state index in [0.29, 0.717) is 40.8 Å². The molecule has 0 aliphatic carbocycles. The van der Waals surface area contributed by atoms with E-state index in [1.165, 1.54) is 18.2 Å². The Morgan fingerprint density at radius 3 is 2.28 bits per heavy atom. The average Bonchev–Trinajstić information content (AvgIpc) is 3.26. The van der Waals surface area contributed by atoms with Crippen molar-refractivity contribution in [2.24, 2.45) is 0 Å². The predicted octanol–water partition coefficient (Wildman–Crippen LogP) is 6.59. The Kier molecular flexibility index (Phi) is 6.46. The minimum absolute atomic E-state index is 0.0531. The van der Waals surface area contributed by atoms with Crippen molar-refractivity contribution in [1.29, 1.82) is 0 Å². The highest BCUT2D eigenvalue weighted by atomic mass is 32.2. The quantitative estimate of drug-likeness (QED) is 0.237. The van der Waals surface area contributed by atoms with Gasteiger partial charge in [0.05, 0.1) is 10.5 Å². The average molecular weight is 561 g/mol. The largest absolute Gasteiger partial charge is 0.454 e. The number of aromatic nitrogens is 3. The van der Waals surface area contributed by atoms with Gasteiger partial charge in [-0.3, -0.25) is 9.12 Å². The Morgan fingerprint density at radius 1 is 0.872 bits per heavy atom. The first kappa shape index (κ1) is 26.1. The van der Waals surface area contributed by atoms with E-state index in [-0.39, 0.29) is 22.1 Å². The molecule has 0 spiro atoms. The minimum atomic E-state index is -4.62. The number of hydrogen-bond donors (Lipinski definition) is 1. The number of benzene rings is 3. The minimum Gasteiger partial charge on any atom is -0.454 e. The summed E-state index contributed by atoms with van der Waals surface area (Å²) in [7, 11) is -4.28. The van der Waals surface area contributed by atoms with Crippen molar-refractivity contribution in [2.75, 3.05) is 4.72 Å². The molecule has 0 aliphatic rings. The molecule has 0 saturated heterocycles. The number of alkyl halides is 3. The number of halogens is 5. The summed E-state index contributed by atoms with van der Waals surface area (Å²) in [6.07, 6.45) is -2.95. The SMILES string of the molecule is Cc1nnc2ccc(-c3cc(NS(=O)(=O)c4ccc(C(F)(F)F)cc4)ccc3Oc3ccc(F)cc3F)cn12. The third-order valence-corrected chi connectivity index (χ3v) is 7.12. The van der Waals surface area contributed by atoms with Gasteiger partial charge in [-0.15, -0.1) is 10.2 Å². The lowest BCUT2D eigenvalue weighted by molar-refractivity contribution is -0.137. The molecule has 7 nitrogen and oxygen atoms in total. The van der Waals surface area contributed by atoms with E-state index >= 15 is 0 Å². The second-order valence-corrected chi connectivity index (χ2v) is 10.1. The molecule has 0 unspecified atom stereocenters. The van der Waals surface area contributed by atoms with E-state index in [4.69, 9.17) is 4.74 Å². The van der Waals surface area contributed by atoms with Gasteiger partial charge in [0.1, 0.15) is 17.4 Å². The van der Waals surface area contributed by atoms with Crippen LogP contribution >= 0.6 is 0 Å². The number of pyridine rings is 1. The lowest BCUT2D eigenvalue weighted by atomic mass is 10.1. The van der Waals surface area contributed by atoms with Crippen LogP contribution in [0.5, 0.6) is 11.5 Å². The number of hydrogen-bond acceptors (Lipinski definition) is 5. The van der Waals surface area contributed by atoms with Crippen LogP contribution in [-0.2, 0) is 16.2 Å². The van der Waals surface area contributed by atoms with Crippen LogP contribution in [0.25, 0.3) is 16.8 Å². The number of anilines is 1. The molecule has 0 bridgehead atoms. The van der Waals surface area contributed by atoms with Crippen LogP contribution in [0.4, 0.5) is 27.6 Å². The monoisotopic (exact) mass is 560 g/mol. The number of ether oxygens (including phenoxy) is 1. The van der Waals surface area contributed by atoms with E-state index in [2.05, 4.69) is 14.9 Å². The van der Waals surface area contributed by atoms with Crippen molar-refractivity contribution < 1.29 is 35.1 Å². The van der Waals surface area contributed by atoms with Gasteiger partial charge in [0.25, 0.3) is 10.0 Å². The van der Waals surface area contributed by atoms with Gasteiger partial charge in [-0.25, -0.2) is 17.2 Å². The summed E-state index contributed by atoms with van der Waals surface area (Å²) in [6.45, 7) is 1.73. The molecule has 0 fully saturated rings. The lowest BCUT2D eigenvalue weighted by Crippen LogP contribution is -2.14. The highest BCUT2D eigenvalue weighted by molar-refractivity contribution is 7.92. The zero-order chi connectivity index (χ0) is 27.9. The summed E-state index contributed by atoms with van der Waals surface area (Å²) in [5.41, 5.74) is 0.442. The molecule has 200 valence electrons. The normalized spacial score (nSPS) is 12.1. The van der Waals surface area contributed by atoms with Crippen LogP contribution in [0, 0.1) is 18.6 Å².